The molecule has 0 aliphatic carbocycles. The Morgan fingerprint density at radius 2 is 1.80 bits per heavy atom. The fourth-order valence-corrected chi connectivity index (χ4v) is 4.32. The molecule has 3 rings (SSSR count). The molecule has 0 saturated carbocycles. The first kappa shape index (κ1) is 17.3. The third-order valence-corrected chi connectivity index (χ3v) is 5.60. The van der Waals surface area contributed by atoms with Crippen LogP contribution in [0, 0.1) is 13.8 Å². The number of aryl methyl sites for hydroxylation is 1. The molecule has 3 N–H and O–H groups in total. The summed E-state index contributed by atoms with van der Waals surface area (Å²) in [5, 5.41) is 4.80. The Kier molecular flexibility index (Phi) is 4.45. The lowest BCUT2D eigenvalue weighted by molar-refractivity contribution is 0.600. The van der Waals surface area contributed by atoms with Crippen LogP contribution in [0.3, 0.4) is 0 Å². The fourth-order valence-electron chi connectivity index (χ4n) is 2.66. The summed E-state index contributed by atoms with van der Waals surface area (Å²) in [7, 11) is -3.85. The van der Waals surface area contributed by atoms with Gasteiger partial charge < -0.3 is 5.73 Å². The van der Waals surface area contributed by atoms with E-state index in [0.29, 0.717) is 16.4 Å². The fraction of sp³-hybridized carbons (Fsp3) is 0.118. The minimum absolute atomic E-state index is 0.130. The van der Waals surface area contributed by atoms with Crippen molar-refractivity contribution in [1.29, 1.82) is 0 Å². The van der Waals surface area contributed by atoms with E-state index in [9.17, 15) is 8.42 Å². The highest BCUT2D eigenvalue weighted by molar-refractivity contribution is 7.92. The molecule has 6 nitrogen and oxygen atoms in total. The first-order valence-corrected chi connectivity index (χ1v) is 9.35. The predicted molar refractivity (Wildman–Crippen MR) is 99.7 cm³/mol. The number of hydrogen-bond acceptors (Lipinski definition) is 4. The van der Waals surface area contributed by atoms with Crippen LogP contribution in [0.4, 0.5) is 11.4 Å². The standard InChI is InChI=1S/C17H17ClN4O2S/c1-11-17(12(2)22(20-11)14-6-4-3-5-7-14)25(23,24)21-16-9-8-13(18)10-15(16)19/h3-10,21H,19H2,1-2H3. The predicted octanol–water partition coefficient (Wildman–Crippen LogP) is 3.53. The van der Waals surface area contributed by atoms with Crippen molar-refractivity contribution in [1.82, 2.24) is 9.78 Å². The summed E-state index contributed by atoms with van der Waals surface area (Å²) >= 11 is 5.86. The first-order valence-electron chi connectivity index (χ1n) is 7.49. The number of rotatable bonds is 4. The number of hydrogen-bond donors (Lipinski definition) is 2. The van der Waals surface area contributed by atoms with Gasteiger partial charge in [-0.2, -0.15) is 5.10 Å². The molecular formula is C17H17ClN4O2S. The van der Waals surface area contributed by atoms with Gasteiger partial charge in [-0.15, -0.1) is 0 Å². The van der Waals surface area contributed by atoms with Gasteiger partial charge in [0.05, 0.1) is 28.5 Å². The molecule has 0 amide bonds. The number of nitrogens with zero attached hydrogens (tertiary/aromatic N) is 2. The highest BCUT2D eigenvalue weighted by Crippen LogP contribution is 2.28. The Hall–Kier alpha value is -2.51. The summed E-state index contributed by atoms with van der Waals surface area (Å²) in [6, 6.07) is 13.9. The molecular weight excluding hydrogens is 360 g/mol. The van der Waals surface area contributed by atoms with Crippen molar-refractivity contribution in [3.05, 3.63) is 64.9 Å². The van der Waals surface area contributed by atoms with Crippen molar-refractivity contribution in [2.75, 3.05) is 10.5 Å². The molecule has 0 fully saturated rings. The van der Waals surface area contributed by atoms with Crippen LogP contribution in [0.5, 0.6) is 0 Å². The van der Waals surface area contributed by atoms with Crippen LogP contribution in [0.1, 0.15) is 11.4 Å². The largest absolute Gasteiger partial charge is 0.397 e. The maximum Gasteiger partial charge on any atom is 0.265 e. The van der Waals surface area contributed by atoms with E-state index in [1.165, 1.54) is 12.1 Å². The third kappa shape index (κ3) is 3.33. The Labute approximate surface area is 151 Å². The normalized spacial score (nSPS) is 11.5. The SMILES string of the molecule is Cc1nn(-c2ccccc2)c(C)c1S(=O)(=O)Nc1ccc(Cl)cc1N. The van der Waals surface area contributed by atoms with Gasteiger partial charge in [-0.05, 0) is 44.2 Å². The number of sulfonamides is 1. The second-order valence-electron chi connectivity index (χ2n) is 5.58. The van der Waals surface area contributed by atoms with Gasteiger partial charge in [-0.25, -0.2) is 13.1 Å². The zero-order chi connectivity index (χ0) is 18.2. The molecule has 1 aromatic heterocycles. The van der Waals surface area contributed by atoms with E-state index in [0.717, 1.165) is 5.69 Å². The summed E-state index contributed by atoms with van der Waals surface area (Å²) in [4.78, 5) is 0.130. The van der Waals surface area contributed by atoms with Crippen LogP contribution in [-0.4, -0.2) is 18.2 Å². The molecule has 130 valence electrons. The lowest BCUT2D eigenvalue weighted by Crippen LogP contribution is -2.16. The average molecular weight is 377 g/mol. The Morgan fingerprint density at radius 3 is 2.44 bits per heavy atom. The average Bonchev–Trinajstić information content (AvgIpc) is 2.86. The molecule has 2 aromatic carbocycles. The van der Waals surface area contributed by atoms with Crippen LogP contribution in [0.2, 0.25) is 5.02 Å². The lowest BCUT2D eigenvalue weighted by Gasteiger charge is -2.11. The molecule has 0 saturated heterocycles. The van der Waals surface area contributed by atoms with Gasteiger partial charge >= 0.3 is 0 Å². The van der Waals surface area contributed by atoms with E-state index in [4.69, 9.17) is 17.3 Å². The molecule has 0 bridgehead atoms. The van der Waals surface area contributed by atoms with E-state index in [2.05, 4.69) is 9.82 Å². The highest BCUT2D eigenvalue weighted by Gasteiger charge is 2.25. The molecule has 0 radical (unpaired) electrons. The highest BCUT2D eigenvalue weighted by atomic mass is 35.5. The molecule has 0 atom stereocenters. The monoisotopic (exact) mass is 376 g/mol. The van der Waals surface area contributed by atoms with Crippen LogP contribution in [0.25, 0.3) is 5.69 Å². The van der Waals surface area contributed by atoms with Crippen LogP contribution in [0.15, 0.2) is 53.4 Å². The number of para-hydroxylation sites is 1. The zero-order valence-corrected chi connectivity index (χ0v) is 15.3. The molecule has 0 aliphatic heterocycles. The number of nitrogen functional groups attached to an aromatic ring is 1. The minimum atomic E-state index is -3.85. The molecule has 8 heteroatoms. The number of halogens is 1. The molecule has 1 heterocycles. The molecule has 0 aliphatic rings. The molecule has 0 unspecified atom stereocenters. The van der Waals surface area contributed by atoms with Gasteiger partial charge in [0.1, 0.15) is 4.90 Å². The Bertz CT molecular complexity index is 1030. The summed E-state index contributed by atoms with van der Waals surface area (Å²) in [5.41, 5.74) is 8.08. The van der Waals surface area contributed by atoms with Crippen molar-refractivity contribution >= 4 is 33.0 Å². The minimum Gasteiger partial charge on any atom is -0.397 e. The number of nitrogens with one attached hydrogen (secondary N) is 1. The topological polar surface area (TPSA) is 90.0 Å². The summed E-state index contributed by atoms with van der Waals surface area (Å²) in [5.74, 6) is 0. The maximum absolute atomic E-state index is 12.9. The molecule has 0 spiro atoms. The van der Waals surface area contributed by atoms with E-state index >= 15 is 0 Å². The van der Waals surface area contributed by atoms with Crippen LogP contribution < -0.4 is 10.5 Å². The van der Waals surface area contributed by atoms with Crippen LogP contribution in [-0.2, 0) is 10.0 Å². The van der Waals surface area contributed by atoms with Crippen LogP contribution >= 0.6 is 11.6 Å². The molecule has 25 heavy (non-hydrogen) atoms. The summed E-state index contributed by atoms with van der Waals surface area (Å²) < 4.78 is 29.9. The van der Waals surface area contributed by atoms with Gasteiger partial charge in [0.15, 0.2) is 0 Å². The quantitative estimate of drug-likeness (QED) is 0.681. The second kappa shape index (κ2) is 6.42. The van der Waals surface area contributed by atoms with E-state index in [1.54, 1.807) is 24.6 Å². The van der Waals surface area contributed by atoms with Crippen molar-refractivity contribution in [2.24, 2.45) is 0 Å². The van der Waals surface area contributed by atoms with Gasteiger partial charge in [-0.3, -0.25) is 4.72 Å². The van der Waals surface area contributed by atoms with Gasteiger partial charge in [0.2, 0.25) is 0 Å². The third-order valence-electron chi connectivity index (χ3n) is 3.75. The Morgan fingerprint density at radius 1 is 1.12 bits per heavy atom. The van der Waals surface area contributed by atoms with Crippen molar-refractivity contribution in [2.45, 2.75) is 18.7 Å². The second-order valence-corrected chi connectivity index (χ2v) is 7.64. The van der Waals surface area contributed by atoms with E-state index < -0.39 is 10.0 Å². The first-order chi connectivity index (χ1) is 11.8. The number of aromatic nitrogens is 2. The Balaban J connectivity index is 2.05. The summed E-state index contributed by atoms with van der Waals surface area (Å²) in [6.07, 6.45) is 0. The van der Waals surface area contributed by atoms with Gasteiger partial charge in [0, 0.05) is 5.02 Å². The number of anilines is 2. The summed E-state index contributed by atoms with van der Waals surface area (Å²) in [6.45, 7) is 3.37. The van der Waals surface area contributed by atoms with E-state index in [-0.39, 0.29) is 16.3 Å². The maximum atomic E-state index is 12.9. The van der Waals surface area contributed by atoms with E-state index in [1.807, 2.05) is 30.3 Å². The van der Waals surface area contributed by atoms with Gasteiger partial charge in [0.25, 0.3) is 10.0 Å². The van der Waals surface area contributed by atoms with Crippen molar-refractivity contribution in [3.8, 4) is 5.69 Å². The van der Waals surface area contributed by atoms with Crippen molar-refractivity contribution in [3.63, 3.8) is 0 Å². The number of nitrogens with two attached hydrogens (primary N) is 1. The smallest absolute Gasteiger partial charge is 0.265 e. The zero-order valence-electron chi connectivity index (χ0n) is 13.7. The van der Waals surface area contributed by atoms with Crippen molar-refractivity contribution < 1.29 is 8.42 Å². The number of benzene rings is 2. The van der Waals surface area contributed by atoms with Gasteiger partial charge in [-0.1, -0.05) is 29.8 Å². The lowest BCUT2D eigenvalue weighted by atomic mass is 10.3. The molecule has 3 aromatic rings.